The maximum atomic E-state index is 12.8. The number of nitrogens with one attached hydrogen (secondary N) is 1. The van der Waals surface area contributed by atoms with Crippen LogP contribution in [0.3, 0.4) is 0 Å². The number of hydrogen-bond donors (Lipinski definition) is 1. The molecule has 10 heteroatoms. The van der Waals surface area contributed by atoms with Crippen LogP contribution in [0.25, 0.3) is 11.5 Å². The van der Waals surface area contributed by atoms with Gasteiger partial charge in [-0.3, -0.25) is 0 Å². The van der Waals surface area contributed by atoms with E-state index in [4.69, 9.17) is 9.15 Å². The topological polar surface area (TPSA) is 80.5 Å². The van der Waals surface area contributed by atoms with Crippen molar-refractivity contribution in [2.45, 2.75) is 39.0 Å². The van der Waals surface area contributed by atoms with Crippen LogP contribution in [0.1, 0.15) is 32.2 Å². The van der Waals surface area contributed by atoms with Crippen molar-refractivity contribution in [3.8, 4) is 11.5 Å². The number of carbonyl (C=O) groups excluding carboxylic acids is 1. The highest BCUT2D eigenvalue weighted by molar-refractivity contribution is 5.76. The average Bonchev–Trinajstić information content (AvgIpc) is 3.20. The van der Waals surface area contributed by atoms with Gasteiger partial charge in [-0.25, -0.2) is 4.79 Å². The number of benzene rings is 2. The highest BCUT2D eigenvalue weighted by Crippen LogP contribution is 2.32. The molecule has 3 rings (SSSR count). The minimum Gasteiger partial charge on any atom is -0.444 e. The van der Waals surface area contributed by atoms with Gasteiger partial charge in [0.2, 0.25) is 11.8 Å². The van der Waals surface area contributed by atoms with E-state index in [1.54, 1.807) is 52.1 Å². The van der Waals surface area contributed by atoms with Crippen LogP contribution in [0.5, 0.6) is 0 Å². The molecule has 0 spiro atoms. The molecule has 0 aliphatic rings. The molecule has 7 nitrogen and oxygen atoms in total. The van der Waals surface area contributed by atoms with Gasteiger partial charge in [0.15, 0.2) is 0 Å². The van der Waals surface area contributed by atoms with Crippen LogP contribution in [-0.2, 0) is 17.3 Å². The third-order valence-electron chi connectivity index (χ3n) is 4.48. The summed E-state index contributed by atoms with van der Waals surface area (Å²) in [6.07, 6.45) is -4.51. The van der Waals surface area contributed by atoms with Crippen molar-refractivity contribution in [2.75, 3.05) is 18.9 Å². The van der Waals surface area contributed by atoms with Gasteiger partial charge in [0.1, 0.15) is 5.60 Å². The Morgan fingerprint density at radius 1 is 1.06 bits per heavy atom. The first-order chi connectivity index (χ1) is 15.4. The molecule has 0 aliphatic carbocycles. The summed E-state index contributed by atoms with van der Waals surface area (Å²) in [5.41, 5.74) is 0.357. The maximum absolute atomic E-state index is 12.8. The smallest absolute Gasteiger partial charge is 0.416 e. The fourth-order valence-electron chi connectivity index (χ4n) is 2.83. The number of nitrogens with zero attached hydrogens (tertiary/aromatic N) is 3. The van der Waals surface area contributed by atoms with E-state index in [2.05, 4.69) is 15.5 Å². The Balaban J connectivity index is 1.69. The van der Waals surface area contributed by atoms with Crippen molar-refractivity contribution in [2.24, 2.45) is 0 Å². The molecule has 0 saturated heterocycles. The lowest BCUT2D eigenvalue weighted by Crippen LogP contribution is -2.35. The number of rotatable bonds is 6. The Hall–Kier alpha value is -3.56. The van der Waals surface area contributed by atoms with Crippen molar-refractivity contribution < 1.29 is 27.1 Å². The van der Waals surface area contributed by atoms with Crippen molar-refractivity contribution >= 4 is 17.5 Å². The average molecular weight is 462 g/mol. The molecule has 176 valence electrons. The zero-order valence-electron chi connectivity index (χ0n) is 18.7. The Bertz CT molecular complexity index is 1090. The molecule has 0 unspecified atom stereocenters. The Kier molecular flexibility index (Phi) is 6.95. The molecule has 2 aromatic carbocycles. The Labute approximate surface area is 189 Å². The number of anilines is 2. The summed E-state index contributed by atoms with van der Waals surface area (Å²) >= 11 is 0. The van der Waals surface area contributed by atoms with Crippen LogP contribution in [0, 0.1) is 0 Å². The van der Waals surface area contributed by atoms with Gasteiger partial charge in [0, 0.05) is 25.7 Å². The summed E-state index contributed by atoms with van der Waals surface area (Å²) in [6, 6.07) is 11.8. The van der Waals surface area contributed by atoms with Gasteiger partial charge in [-0.15, -0.1) is 10.2 Å². The van der Waals surface area contributed by atoms with Gasteiger partial charge in [-0.1, -0.05) is 12.1 Å². The number of hydrogen-bond acceptors (Lipinski definition) is 6. The molecule has 0 bridgehead atoms. The number of likely N-dealkylation sites (N-methyl/N-ethyl adjacent to an activating group) is 1. The summed E-state index contributed by atoms with van der Waals surface area (Å²) in [5.74, 6) is 0.588. The highest BCUT2D eigenvalue weighted by atomic mass is 19.4. The van der Waals surface area contributed by atoms with E-state index in [0.29, 0.717) is 35.8 Å². The maximum Gasteiger partial charge on any atom is 0.416 e. The number of para-hydroxylation sites is 1. The molecule has 1 N–H and O–H groups in total. The molecule has 0 aliphatic heterocycles. The largest absolute Gasteiger partial charge is 0.444 e. The molecule has 1 amide bonds. The van der Waals surface area contributed by atoms with Crippen LogP contribution >= 0.6 is 0 Å². The first kappa shape index (κ1) is 24.1. The summed E-state index contributed by atoms with van der Waals surface area (Å²) in [7, 11) is 1.62. The van der Waals surface area contributed by atoms with Crippen molar-refractivity contribution in [3.05, 3.63) is 60.0 Å². The van der Waals surface area contributed by atoms with Crippen LogP contribution in [0.4, 0.5) is 29.3 Å². The molecule has 1 aromatic heterocycles. The highest BCUT2D eigenvalue weighted by Gasteiger charge is 2.30. The second kappa shape index (κ2) is 9.51. The molecule has 0 saturated carbocycles. The van der Waals surface area contributed by atoms with Crippen LogP contribution in [0.15, 0.2) is 52.9 Å². The predicted octanol–water partition coefficient (Wildman–Crippen LogP) is 5.91. The lowest BCUT2D eigenvalue weighted by atomic mass is 10.1. The first-order valence-electron chi connectivity index (χ1n) is 10.2. The Morgan fingerprint density at radius 3 is 2.36 bits per heavy atom. The molecule has 0 radical (unpaired) electrons. The molecule has 0 fully saturated rings. The molecular weight excluding hydrogens is 437 g/mol. The minimum atomic E-state index is -4.39. The summed E-state index contributed by atoms with van der Waals surface area (Å²) in [6.45, 7) is 5.69. The third-order valence-corrected chi connectivity index (χ3v) is 4.48. The van der Waals surface area contributed by atoms with Gasteiger partial charge in [-0.2, -0.15) is 13.2 Å². The number of carbonyl (C=O) groups is 1. The van der Waals surface area contributed by atoms with Gasteiger partial charge < -0.3 is 19.4 Å². The zero-order valence-corrected chi connectivity index (χ0v) is 18.7. The molecule has 33 heavy (non-hydrogen) atoms. The van der Waals surface area contributed by atoms with Crippen molar-refractivity contribution in [3.63, 3.8) is 0 Å². The van der Waals surface area contributed by atoms with Gasteiger partial charge in [0.25, 0.3) is 0 Å². The fraction of sp³-hybridized carbons (Fsp3) is 0.348. The number of alkyl halides is 3. The SMILES string of the molecule is CN(CCc1nnc(-c2ccccc2Nc2ccc(C(F)(F)F)cc2)o1)C(=O)OC(C)(C)C. The molecule has 3 aromatic rings. The fourth-order valence-corrected chi connectivity index (χ4v) is 2.83. The minimum absolute atomic E-state index is 0.250. The summed E-state index contributed by atoms with van der Waals surface area (Å²) < 4.78 is 49.4. The predicted molar refractivity (Wildman–Crippen MR) is 117 cm³/mol. The standard InChI is InChI=1S/C23H25F3N4O3/c1-22(2,3)33-21(31)30(4)14-13-19-28-29-20(32-19)17-7-5-6-8-18(17)27-16-11-9-15(10-12-16)23(24,25)26/h5-12,27H,13-14H2,1-4H3. The van der Waals surface area contributed by atoms with E-state index < -0.39 is 23.4 Å². The van der Waals surface area contributed by atoms with Gasteiger partial charge in [0.05, 0.1) is 16.8 Å². The quantitative estimate of drug-likeness (QED) is 0.491. The van der Waals surface area contributed by atoms with Gasteiger partial charge >= 0.3 is 12.3 Å². The van der Waals surface area contributed by atoms with Crippen LogP contribution in [0.2, 0.25) is 0 Å². The first-order valence-corrected chi connectivity index (χ1v) is 10.2. The molecule has 1 heterocycles. The van der Waals surface area contributed by atoms with Crippen molar-refractivity contribution in [1.82, 2.24) is 15.1 Å². The molecular formula is C23H25F3N4O3. The van der Waals surface area contributed by atoms with E-state index >= 15 is 0 Å². The zero-order chi connectivity index (χ0) is 24.2. The second-order valence-corrected chi connectivity index (χ2v) is 8.40. The van der Waals surface area contributed by atoms with Gasteiger partial charge in [-0.05, 0) is 57.2 Å². The van der Waals surface area contributed by atoms with E-state index in [0.717, 1.165) is 12.1 Å². The molecule has 0 atom stereocenters. The van der Waals surface area contributed by atoms with Crippen molar-refractivity contribution in [1.29, 1.82) is 0 Å². The second-order valence-electron chi connectivity index (χ2n) is 8.40. The third kappa shape index (κ3) is 6.71. The van der Waals surface area contributed by atoms with E-state index in [1.165, 1.54) is 17.0 Å². The number of amides is 1. The summed E-state index contributed by atoms with van der Waals surface area (Å²) in [4.78, 5) is 13.5. The van der Waals surface area contributed by atoms with E-state index in [-0.39, 0.29) is 5.89 Å². The number of aromatic nitrogens is 2. The Morgan fingerprint density at radius 2 is 1.73 bits per heavy atom. The normalized spacial score (nSPS) is 11.8. The van der Waals surface area contributed by atoms with E-state index in [9.17, 15) is 18.0 Å². The lowest BCUT2D eigenvalue weighted by Gasteiger charge is -2.24. The van der Waals surface area contributed by atoms with E-state index in [1.807, 2.05) is 0 Å². The number of ether oxygens (including phenoxy) is 1. The van der Waals surface area contributed by atoms with Crippen LogP contribution in [-0.4, -0.2) is 40.4 Å². The number of halogens is 3. The monoisotopic (exact) mass is 462 g/mol. The lowest BCUT2D eigenvalue weighted by molar-refractivity contribution is -0.137. The van der Waals surface area contributed by atoms with Crippen LogP contribution < -0.4 is 5.32 Å². The summed E-state index contributed by atoms with van der Waals surface area (Å²) in [5, 5.41) is 11.2.